The zero-order valence-electron chi connectivity index (χ0n) is 15.5. The van der Waals surface area contributed by atoms with E-state index in [2.05, 4.69) is 38.0 Å². The Morgan fingerprint density at radius 2 is 2.03 bits per heavy atom. The molecule has 1 N–H and O–H groups in total. The van der Waals surface area contributed by atoms with Crippen molar-refractivity contribution in [1.29, 1.82) is 0 Å². The Balaban J connectivity index is 1.70. The van der Waals surface area contributed by atoms with E-state index in [1.807, 2.05) is 30.3 Å². The molecule has 29 heavy (non-hydrogen) atoms. The Labute approximate surface area is 170 Å². The summed E-state index contributed by atoms with van der Waals surface area (Å²) in [5.41, 5.74) is 0.966. The topological polar surface area (TPSA) is 112 Å². The number of benzene rings is 1. The number of carbonyl (C=O) groups is 1. The van der Waals surface area contributed by atoms with E-state index in [1.54, 1.807) is 18.2 Å². The smallest absolute Gasteiger partial charge is 0.276 e. The summed E-state index contributed by atoms with van der Waals surface area (Å²) in [7, 11) is 0. The monoisotopic (exact) mass is 407 g/mol. The molecule has 0 saturated heterocycles. The van der Waals surface area contributed by atoms with Crippen LogP contribution < -0.4 is 5.32 Å². The summed E-state index contributed by atoms with van der Waals surface area (Å²) in [5, 5.41) is 24.0. The van der Waals surface area contributed by atoms with E-state index in [1.165, 1.54) is 22.3 Å². The second kappa shape index (κ2) is 8.57. The van der Waals surface area contributed by atoms with Gasteiger partial charge in [-0.1, -0.05) is 48.6 Å². The molecule has 1 aromatic carbocycles. The Kier molecular flexibility index (Phi) is 5.52. The Morgan fingerprint density at radius 1 is 1.17 bits per heavy atom. The van der Waals surface area contributed by atoms with Crippen molar-refractivity contribution < 1.29 is 9.21 Å². The van der Waals surface area contributed by atoms with Crippen molar-refractivity contribution in [3.8, 4) is 11.4 Å². The predicted molar refractivity (Wildman–Crippen MR) is 109 cm³/mol. The number of aryl methyl sites for hydroxylation is 1. The fourth-order valence-electron chi connectivity index (χ4n) is 2.63. The van der Waals surface area contributed by atoms with E-state index in [-0.39, 0.29) is 5.70 Å². The van der Waals surface area contributed by atoms with Gasteiger partial charge in [0.2, 0.25) is 5.13 Å². The van der Waals surface area contributed by atoms with Crippen LogP contribution in [0.15, 0.2) is 53.1 Å². The molecule has 0 spiro atoms. The van der Waals surface area contributed by atoms with Crippen LogP contribution >= 0.6 is 11.3 Å². The molecule has 146 valence electrons. The fourth-order valence-corrected chi connectivity index (χ4v) is 3.46. The van der Waals surface area contributed by atoms with Gasteiger partial charge in [0.25, 0.3) is 5.91 Å². The van der Waals surface area contributed by atoms with Gasteiger partial charge in [0, 0.05) is 18.1 Å². The highest BCUT2D eigenvalue weighted by molar-refractivity contribution is 7.15. The quantitative estimate of drug-likeness (QED) is 0.467. The number of amides is 1. The second-order valence-corrected chi connectivity index (χ2v) is 7.09. The summed E-state index contributed by atoms with van der Waals surface area (Å²) in [6.45, 7) is 2.06. The summed E-state index contributed by atoms with van der Waals surface area (Å²) in [6.07, 6.45) is 4.87. The third kappa shape index (κ3) is 4.27. The average molecular weight is 407 g/mol. The molecule has 0 aliphatic heterocycles. The maximum atomic E-state index is 13.1. The maximum Gasteiger partial charge on any atom is 0.276 e. The highest BCUT2D eigenvalue weighted by atomic mass is 32.1. The van der Waals surface area contributed by atoms with Crippen molar-refractivity contribution in [2.24, 2.45) is 0 Å². The van der Waals surface area contributed by atoms with Crippen molar-refractivity contribution in [2.75, 3.05) is 5.32 Å². The van der Waals surface area contributed by atoms with E-state index in [9.17, 15) is 4.79 Å². The third-order valence-corrected chi connectivity index (χ3v) is 4.83. The van der Waals surface area contributed by atoms with E-state index >= 15 is 0 Å². The van der Waals surface area contributed by atoms with E-state index in [4.69, 9.17) is 4.42 Å². The summed E-state index contributed by atoms with van der Waals surface area (Å²) >= 11 is 1.34. The first kappa shape index (κ1) is 18.7. The normalized spacial score (nSPS) is 11.6. The number of rotatable bonds is 7. The summed E-state index contributed by atoms with van der Waals surface area (Å²) < 4.78 is 6.76. The first-order valence-corrected chi connectivity index (χ1v) is 9.79. The minimum Gasteiger partial charge on any atom is -0.465 e. The summed E-state index contributed by atoms with van der Waals surface area (Å²) in [4.78, 5) is 13.1. The molecule has 4 aromatic rings. The largest absolute Gasteiger partial charge is 0.465 e. The molecule has 1 amide bonds. The Bertz CT molecular complexity index is 1120. The summed E-state index contributed by atoms with van der Waals surface area (Å²) in [5.74, 6) is 0.501. The lowest BCUT2D eigenvalue weighted by atomic mass is 10.2. The first-order chi connectivity index (χ1) is 14.2. The molecule has 0 unspecified atom stereocenters. The highest BCUT2D eigenvalue weighted by Gasteiger charge is 2.21. The van der Waals surface area contributed by atoms with Crippen molar-refractivity contribution in [2.45, 2.75) is 19.8 Å². The van der Waals surface area contributed by atoms with Crippen molar-refractivity contribution in [1.82, 2.24) is 30.4 Å². The van der Waals surface area contributed by atoms with Gasteiger partial charge in [-0.3, -0.25) is 10.1 Å². The van der Waals surface area contributed by atoms with Crippen molar-refractivity contribution >= 4 is 34.1 Å². The van der Waals surface area contributed by atoms with Gasteiger partial charge in [-0.05, 0) is 29.0 Å². The van der Waals surface area contributed by atoms with Gasteiger partial charge in [-0.25, -0.2) is 0 Å². The highest BCUT2D eigenvalue weighted by Crippen LogP contribution is 2.23. The number of aromatic nitrogens is 6. The van der Waals surface area contributed by atoms with Crippen LogP contribution in [0.25, 0.3) is 23.2 Å². The van der Waals surface area contributed by atoms with Crippen LogP contribution in [-0.2, 0) is 11.2 Å². The molecule has 0 aliphatic rings. The number of tetrazole rings is 1. The van der Waals surface area contributed by atoms with Crippen LogP contribution in [0.3, 0.4) is 0 Å². The number of hydrogen-bond acceptors (Lipinski definition) is 8. The predicted octanol–water partition coefficient (Wildman–Crippen LogP) is 3.37. The molecule has 9 nitrogen and oxygen atoms in total. The van der Waals surface area contributed by atoms with Crippen molar-refractivity contribution in [3.63, 3.8) is 0 Å². The molecule has 4 rings (SSSR count). The molecular formula is C19H17N7O2S. The zero-order chi connectivity index (χ0) is 20.1. The molecular weight excluding hydrogens is 390 g/mol. The zero-order valence-corrected chi connectivity index (χ0v) is 16.3. The van der Waals surface area contributed by atoms with Gasteiger partial charge in [-0.15, -0.1) is 15.3 Å². The van der Waals surface area contributed by atoms with Gasteiger partial charge >= 0.3 is 0 Å². The molecule has 3 aromatic heterocycles. The fraction of sp³-hybridized carbons (Fsp3) is 0.158. The minimum atomic E-state index is -0.426. The number of nitrogens with one attached hydrogen (secondary N) is 1. The maximum absolute atomic E-state index is 13.1. The lowest BCUT2D eigenvalue weighted by molar-refractivity contribution is -0.111. The van der Waals surface area contributed by atoms with Gasteiger partial charge < -0.3 is 4.42 Å². The minimum absolute atomic E-state index is 0.191. The van der Waals surface area contributed by atoms with Gasteiger partial charge in [0.15, 0.2) is 5.82 Å². The standard InChI is InChI=1S/C19H17N7O2S/c1-2-7-16-21-23-19(29-16)20-18(27)15(12-14-10-6-11-28-14)26-17(22-24-25-26)13-8-4-3-5-9-13/h3-6,8-12H,2,7H2,1H3,(H,20,23,27)/b15-12+. The van der Waals surface area contributed by atoms with E-state index in [0.717, 1.165) is 23.4 Å². The number of furan rings is 1. The summed E-state index contributed by atoms with van der Waals surface area (Å²) in [6, 6.07) is 12.9. The SMILES string of the molecule is CCCc1nnc(NC(=O)/C(=C\c2ccco2)n2nnnc2-c2ccccc2)s1. The molecule has 0 saturated carbocycles. The van der Waals surface area contributed by atoms with E-state index < -0.39 is 5.91 Å². The Hall–Kier alpha value is -3.66. The van der Waals surface area contributed by atoms with E-state index in [0.29, 0.717) is 16.7 Å². The van der Waals surface area contributed by atoms with Crippen LogP contribution in [0, 0.1) is 0 Å². The lowest BCUT2D eigenvalue weighted by Gasteiger charge is -2.08. The molecule has 0 fully saturated rings. The van der Waals surface area contributed by atoms with Crippen LogP contribution in [0.4, 0.5) is 5.13 Å². The molecule has 10 heteroatoms. The number of carbonyl (C=O) groups excluding carboxylic acids is 1. The van der Waals surface area contributed by atoms with Crippen LogP contribution in [0.5, 0.6) is 0 Å². The third-order valence-electron chi connectivity index (χ3n) is 3.94. The molecule has 0 radical (unpaired) electrons. The first-order valence-electron chi connectivity index (χ1n) is 8.97. The van der Waals surface area contributed by atoms with Crippen molar-refractivity contribution in [3.05, 3.63) is 59.5 Å². The molecule has 0 atom stereocenters. The second-order valence-electron chi connectivity index (χ2n) is 6.03. The number of nitrogens with zero attached hydrogens (tertiary/aromatic N) is 6. The number of hydrogen-bond donors (Lipinski definition) is 1. The molecule has 0 aliphatic carbocycles. The van der Waals surface area contributed by atoms with Crippen LogP contribution in [-0.4, -0.2) is 36.3 Å². The van der Waals surface area contributed by atoms with Crippen LogP contribution in [0.2, 0.25) is 0 Å². The average Bonchev–Trinajstić information content (AvgIpc) is 3.49. The van der Waals surface area contributed by atoms with Crippen LogP contribution in [0.1, 0.15) is 24.1 Å². The molecule has 0 bridgehead atoms. The Morgan fingerprint density at radius 3 is 2.79 bits per heavy atom. The van der Waals surface area contributed by atoms with Gasteiger partial charge in [0.05, 0.1) is 6.26 Å². The molecule has 3 heterocycles. The van der Waals surface area contributed by atoms with Gasteiger partial charge in [0.1, 0.15) is 16.5 Å². The number of anilines is 1. The lowest BCUT2D eigenvalue weighted by Crippen LogP contribution is -2.19. The van der Waals surface area contributed by atoms with Gasteiger partial charge in [-0.2, -0.15) is 4.68 Å².